The Morgan fingerprint density at radius 1 is 0.735 bits per heavy atom. The Morgan fingerprint density at radius 2 is 1.24 bits per heavy atom. The molecule has 0 aliphatic rings. The minimum Gasteiger partial charge on any atom is -0.307 e. The zero-order chi connectivity index (χ0) is 23.7. The fourth-order valence-electron chi connectivity index (χ4n) is 4.02. The molecular weight excluding hydrogens is 486 g/mol. The van der Waals surface area contributed by atoms with Gasteiger partial charge < -0.3 is 9.13 Å². The maximum absolute atomic E-state index is 14.9. The highest BCUT2D eigenvalue weighted by Gasteiger charge is 2.35. The first-order chi connectivity index (χ1) is 16.5. The highest BCUT2D eigenvalue weighted by Crippen LogP contribution is 2.41. The van der Waals surface area contributed by atoms with Crippen molar-refractivity contribution >= 4 is 57.4 Å². The molecule has 0 fully saturated rings. The van der Waals surface area contributed by atoms with E-state index in [0.29, 0.717) is 31.7 Å². The quantitative estimate of drug-likeness (QED) is 0.301. The number of hydrogen-bond donors (Lipinski definition) is 0. The fourth-order valence-corrected chi connectivity index (χ4v) is 6.95. The Bertz CT molecular complexity index is 1540. The van der Waals surface area contributed by atoms with E-state index in [2.05, 4.69) is 4.98 Å². The molecule has 0 radical (unpaired) electrons. The second kappa shape index (κ2) is 9.23. The number of halogens is 2. The van der Waals surface area contributed by atoms with E-state index in [1.165, 1.54) is 0 Å². The summed E-state index contributed by atoms with van der Waals surface area (Å²) in [6.45, 7) is 0.271. The lowest BCUT2D eigenvalue weighted by molar-refractivity contribution is 0.591. The van der Waals surface area contributed by atoms with Crippen molar-refractivity contribution < 1.29 is 4.57 Å². The van der Waals surface area contributed by atoms with Gasteiger partial charge in [0.2, 0.25) is 0 Å². The molecule has 0 saturated carbocycles. The molecule has 0 spiro atoms. The van der Waals surface area contributed by atoms with E-state index in [4.69, 9.17) is 23.2 Å². The molecule has 5 aromatic rings. The lowest BCUT2D eigenvalue weighted by Crippen LogP contribution is -2.42. The summed E-state index contributed by atoms with van der Waals surface area (Å²) in [4.78, 5) is 18.7. The lowest BCUT2D eigenvalue weighted by atomic mass is 10.2. The Kier molecular flexibility index (Phi) is 6.14. The van der Waals surface area contributed by atoms with Crippen LogP contribution in [0.3, 0.4) is 0 Å². The van der Waals surface area contributed by atoms with E-state index in [9.17, 15) is 9.36 Å². The second-order valence-electron chi connectivity index (χ2n) is 7.85. The standard InChI is InChI=1S/C27H19Cl2N2O2P/c28-22-16-24-25(17-23(22)29)31(18-19-10-4-1-5-11-19)27(32)26(30-24)34(33,20-12-6-2-7-13-20)21-14-8-3-9-15-21/h1-17H,18H2. The van der Waals surface area contributed by atoms with Crippen molar-refractivity contribution in [3.8, 4) is 0 Å². The first kappa shape index (κ1) is 22.6. The summed E-state index contributed by atoms with van der Waals surface area (Å²) in [6, 6.07) is 30.9. The van der Waals surface area contributed by atoms with Gasteiger partial charge in [-0.1, -0.05) is 114 Å². The van der Waals surface area contributed by atoms with Crippen LogP contribution in [0.1, 0.15) is 5.56 Å². The van der Waals surface area contributed by atoms with Crippen LogP contribution in [0.2, 0.25) is 10.0 Å². The van der Waals surface area contributed by atoms with Gasteiger partial charge in [0.1, 0.15) is 0 Å². The molecule has 168 valence electrons. The summed E-state index contributed by atoms with van der Waals surface area (Å²) < 4.78 is 16.5. The van der Waals surface area contributed by atoms with E-state index in [1.807, 2.05) is 66.7 Å². The molecule has 4 aromatic carbocycles. The molecule has 0 unspecified atom stereocenters. The van der Waals surface area contributed by atoms with E-state index in [1.54, 1.807) is 41.0 Å². The Balaban J connectivity index is 1.87. The van der Waals surface area contributed by atoms with E-state index >= 15 is 0 Å². The number of rotatable bonds is 5. The highest BCUT2D eigenvalue weighted by molar-refractivity contribution is 7.85. The molecule has 0 bridgehead atoms. The summed E-state index contributed by atoms with van der Waals surface area (Å²) in [5.74, 6) is 0. The van der Waals surface area contributed by atoms with Crippen molar-refractivity contribution in [2.45, 2.75) is 6.54 Å². The van der Waals surface area contributed by atoms with Crippen molar-refractivity contribution in [1.29, 1.82) is 0 Å². The van der Waals surface area contributed by atoms with Gasteiger partial charge in [-0.2, -0.15) is 0 Å². The summed E-state index contributed by atoms with van der Waals surface area (Å²) in [7, 11) is -3.60. The normalized spacial score (nSPS) is 11.6. The molecule has 0 aliphatic heterocycles. The van der Waals surface area contributed by atoms with Gasteiger partial charge in [-0.3, -0.25) is 4.79 Å². The Hall–Kier alpha value is -3.17. The first-order valence-electron chi connectivity index (χ1n) is 10.6. The first-order valence-corrected chi connectivity index (χ1v) is 13.1. The van der Waals surface area contributed by atoms with E-state index in [-0.39, 0.29) is 12.0 Å². The molecular formula is C27H19Cl2N2O2P. The number of benzene rings is 4. The minimum absolute atomic E-state index is 0.00767. The smallest absolute Gasteiger partial charge is 0.281 e. The Labute approximate surface area is 206 Å². The van der Waals surface area contributed by atoms with Gasteiger partial charge in [-0.15, -0.1) is 0 Å². The topological polar surface area (TPSA) is 52.0 Å². The van der Waals surface area contributed by atoms with Crippen LogP contribution in [-0.2, 0) is 11.1 Å². The van der Waals surface area contributed by atoms with Crippen LogP contribution in [-0.4, -0.2) is 9.55 Å². The van der Waals surface area contributed by atoms with Gasteiger partial charge in [0.15, 0.2) is 12.6 Å². The van der Waals surface area contributed by atoms with Crippen molar-refractivity contribution in [2.24, 2.45) is 0 Å². The van der Waals surface area contributed by atoms with Crippen LogP contribution in [0, 0.1) is 0 Å². The monoisotopic (exact) mass is 504 g/mol. The van der Waals surface area contributed by atoms with E-state index in [0.717, 1.165) is 5.56 Å². The maximum atomic E-state index is 14.9. The summed E-state index contributed by atoms with van der Waals surface area (Å²) >= 11 is 12.6. The van der Waals surface area contributed by atoms with Gasteiger partial charge in [-0.05, 0) is 17.7 Å². The molecule has 0 amide bonds. The van der Waals surface area contributed by atoms with Crippen molar-refractivity contribution in [3.63, 3.8) is 0 Å². The molecule has 34 heavy (non-hydrogen) atoms. The molecule has 5 rings (SSSR count). The third-order valence-electron chi connectivity index (χ3n) is 5.69. The third kappa shape index (κ3) is 3.99. The number of nitrogens with zero attached hydrogens (tertiary/aromatic N) is 2. The molecule has 1 heterocycles. The van der Waals surface area contributed by atoms with Crippen molar-refractivity contribution in [2.75, 3.05) is 0 Å². The van der Waals surface area contributed by atoms with Crippen LogP contribution in [0.4, 0.5) is 0 Å². The van der Waals surface area contributed by atoms with Crippen LogP contribution in [0.15, 0.2) is 108 Å². The number of aromatic nitrogens is 2. The molecule has 7 heteroatoms. The van der Waals surface area contributed by atoms with Gasteiger partial charge in [-0.25, -0.2) is 4.98 Å². The molecule has 0 atom stereocenters. The number of hydrogen-bond acceptors (Lipinski definition) is 3. The van der Waals surface area contributed by atoms with Crippen LogP contribution in [0.5, 0.6) is 0 Å². The molecule has 1 aromatic heterocycles. The largest absolute Gasteiger partial charge is 0.307 e. The molecule has 0 N–H and O–H groups in total. The lowest BCUT2D eigenvalue weighted by Gasteiger charge is -2.21. The van der Waals surface area contributed by atoms with Crippen LogP contribution < -0.4 is 21.6 Å². The molecule has 0 saturated heterocycles. The summed E-state index contributed by atoms with van der Waals surface area (Å²) in [6.07, 6.45) is 0. The average Bonchev–Trinajstić information content (AvgIpc) is 2.88. The van der Waals surface area contributed by atoms with Gasteiger partial charge >= 0.3 is 0 Å². The number of fused-ring (bicyclic) bond motifs is 1. The second-order valence-corrected chi connectivity index (χ2v) is 11.3. The van der Waals surface area contributed by atoms with Gasteiger partial charge in [0.25, 0.3) is 5.56 Å². The average molecular weight is 505 g/mol. The maximum Gasteiger partial charge on any atom is 0.281 e. The fraction of sp³-hybridized carbons (Fsp3) is 0.0370. The summed E-state index contributed by atoms with van der Waals surface area (Å²) in [5, 5.41) is 1.71. The van der Waals surface area contributed by atoms with Crippen molar-refractivity contribution in [1.82, 2.24) is 9.55 Å². The molecule has 0 aliphatic carbocycles. The SMILES string of the molecule is O=c1c(P(=O)(c2ccccc2)c2ccccc2)nc2cc(Cl)c(Cl)cc2n1Cc1ccccc1. The highest BCUT2D eigenvalue weighted by atomic mass is 35.5. The van der Waals surface area contributed by atoms with Crippen LogP contribution >= 0.6 is 30.3 Å². The third-order valence-corrected chi connectivity index (χ3v) is 9.35. The summed E-state index contributed by atoms with van der Waals surface area (Å²) in [5.41, 5.74) is 1.47. The minimum atomic E-state index is -3.60. The predicted molar refractivity (Wildman–Crippen MR) is 141 cm³/mol. The van der Waals surface area contributed by atoms with Gasteiger partial charge in [0, 0.05) is 10.6 Å². The van der Waals surface area contributed by atoms with Crippen LogP contribution in [0.25, 0.3) is 11.0 Å². The van der Waals surface area contributed by atoms with E-state index < -0.39 is 12.7 Å². The zero-order valence-corrected chi connectivity index (χ0v) is 20.3. The predicted octanol–water partition coefficient (Wildman–Crippen LogP) is 5.39. The van der Waals surface area contributed by atoms with Gasteiger partial charge in [0.05, 0.1) is 27.6 Å². The Morgan fingerprint density at radius 3 is 1.79 bits per heavy atom. The van der Waals surface area contributed by atoms with Crippen molar-refractivity contribution in [3.05, 3.63) is 129 Å². The molecule has 4 nitrogen and oxygen atoms in total. The zero-order valence-electron chi connectivity index (χ0n) is 17.9.